The summed E-state index contributed by atoms with van der Waals surface area (Å²) in [6.07, 6.45) is 1.31. The van der Waals surface area contributed by atoms with Crippen LogP contribution in [0.5, 0.6) is 0 Å². The van der Waals surface area contributed by atoms with E-state index in [1.807, 2.05) is 43.3 Å². The molecule has 7 rings (SSSR count). The Labute approximate surface area is 197 Å². The third kappa shape index (κ3) is 3.14. The van der Waals surface area contributed by atoms with E-state index in [9.17, 15) is 9.90 Å². The molecule has 0 saturated heterocycles. The summed E-state index contributed by atoms with van der Waals surface area (Å²) in [7, 11) is 0. The molecule has 34 heavy (non-hydrogen) atoms. The first-order chi connectivity index (χ1) is 16.4. The van der Waals surface area contributed by atoms with Crippen molar-refractivity contribution in [1.29, 1.82) is 0 Å². The summed E-state index contributed by atoms with van der Waals surface area (Å²) in [6.45, 7) is 4.09. The number of carbonyl (C=O) groups excluding carboxylic acids is 1. The van der Waals surface area contributed by atoms with Gasteiger partial charge in [-0.1, -0.05) is 30.0 Å². The summed E-state index contributed by atoms with van der Waals surface area (Å²) in [5.41, 5.74) is 11.9. The first-order valence-corrected chi connectivity index (χ1v) is 11.6. The molecule has 1 amide bonds. The van der Waals surface area contributed by atoms with Crippen molar-refractivity contribution in [2.45, 2.75) is 51.3 Å². The zero-order valence-electron chi connectivity index (χ0n) is 19.1. The second-order valence-electron chi connectivity index (χ2n) is 9.27. The largest absolute Gasteiger partial charge is 0.381 e. The molecule has 1 fully saturated rings. The van der Waals surface area contributed by atoms with Gasteiger partial charge in [0.25, 0.3) is 5.91 Å². The number of rotatable bonds is 3. The molecule has 2 aromatic heterocycles. The molecule has 3 aliphatic rings. The quantitative estimate of drug-likeness (QED) is 0.466. The Morgan fingerprint density at radius 1 is 1.24 bits per heavy atom. The fourth-order valence-corrected chi connectivity index (χ4v) is 5.37. The minimum absolute atomic E-state index is 0.269. The number of aliphatic hydroxyl groups excluding tert-OH is 1. The van der Waals surface area contributed by atoms with Crippen LogP contribution in [0.15, 0.2) is 42.5 Å². The number of hydrogen-bond acceptors (Lipinski definition) is 4. The Morgan fingerprint density at radius 2 is 2.03 bits per heavy atom. The number of benzene rings is 2. The zero-order valence-corrected chi connectivity index (χ0v) is 19.1. The van der Waals surface area contributed by atoms with Crippen LogP contribution in [0.4, 0.5) is 0 Å². The Kier molecular flexibility index (Phi) is 4.61. The number of para-hydroxylation sites is 2. The van der Waals surface area contributed by atoms with E-state index < -0.39 is 12.0 Å². The van der Waals surface area contributed by atoms with E-state index in [0.29, 0.717) is 18.2 Å². The van der Waals surface area contributed by atoms with Crippen molar-refractivity contribution in [3.63, 3.8) is 0 Å². The molecule has 0 spiro atoms. The molecular formula is C27H25N5O2. The van der Waals surface area contributed by atoms with Crippen LogP contribution in [0, 0.1) is 18.8 Å². The van der Waals surface area contributed by atoms with E-state index in [-0.39, 0.29) is 6.04 Å². The van der Waals surface area contributed by atoms with Gasteiger partial charge in [0, 0.05) is 17.2 Å². The van der Waals surface area contributed by atoms with Gasteiger partial charge in [-0.2, -0.15) is 0 Å². The molecule has 4 aromatic rings. The highest BCUT2D eigenvalue weighted by atomic mass is 16.3. The van der Waals surface area contributed by atoms with E-state index in [2.05, 4.69) is 27.0 Å². The predicted molar refractivity (Wildman–Crippen MR) is 129 cm³/mol. The highest BCUT2D eigenvalue weighted by Gasteiger charge is 2.41. The third-order valence-electron chi connectivity index (χ3n) is 7.03. The van der Waals surface area contributed by atoms with Crippen LogP contribution in [0.3, 0.4) is 0 Å². The number of hydrogen-bond donors (Lipinski definition) is 2. The normalized spacial score (nSPS) is 18.8. The Hall–Kier alpha value is -3.89. The summed E-state index contributed by atoms with van der Waals surface area (Å²) < 4.78 is 4.35. The second-order valence-corrected chi connectivity index (χ2v) is 9.27. The molecule has 1 saturated carbocycles. The van der Waals surface area contributed by atoms with Crippen molar-refractivity contribution in [3.8, 4) is 23.2 Å². The number of nitrogens with two attached hydrogens (primary N) is 1. The maximum Gasteiger partial charge on any atom is 0.269 e. The molecule has 0 radical (unpaired) electrons. The molecule has 2 aliphatic heterocycles. The predicted octanol–water partition coefficient (Wildman–Crippen LogP) is 3.52. The Balaban J connectivity index is 1.55. The van der Waals surface area contributed by atoms with Gasteiger partial charge in [0.2, 0.25) is 0 Å². The average molecular weight is 452 g/mol. The highest BCUT2D eigenvalue weighted by Crippen LogP contribution is 2.53. The fraction of sp³-hybridized carbons (Fsp3) is 0.296. The third-order valence-corrected chi connectivity index (χ3v) is 7.03. The Morgan fingerprint density at radius 3 is 2.79 bits per heavy atom. The lowest BCUT2D eigenvalue weighted by Gasteiger charge is -2.35. The maximum atomic E-state index is 12.5. The first kappa shape index (κ1) is 20.7. The fourth-order valence-electron chi connectivity index (χ4n) is 5.37. The van der Waals surface area contributed by atoms with E-state index >= 15 is 0 Å². The number of aryl methyl sites for hydroxylation is 1. The van der Waals surface area contributed by atoms with Gasteiger partial charge in [-0.15, -0.1) is 0 Å². The molecule has 7 nitrogen and oxygen atoms in total. The molecule has 7 heteroatoms. The van der Waals surface area contributed by atoms with E-state index in [4.69, 9.17) is 15.7 Å². The zero-order chi connectivity index (χ0) is 23.6. The number of amides is 1. The van der Waals surface area contributed by atoms with Crippen molar-refractivity contribution in [1.82, 2.24) is 19.1 Å². The molecule has 2 bridgehead atoms. The number of aliphatic hydroxyl groups is 1. The van der Waals surface area contributed by atoms with Crippen LogP contribution in [0.2, 0.25) is 0 Å². The van der Waals surface area contributed by atoms with Crippen molar-refractivity contribution in [2.24, 2.45) is 5.73 Å². The van der Waals surface area contributed by atoms with Gasteiger partial charge in [-0.3, -0.25) is 4.79 Å². The van der Waals surface area contributed by atoms with Crippen LogP contribution in [0.1, 0.15) is 64.9 Å². The molecule has 4 heterocycles. The molecule has 1 aliphatic carbocycles. The number of fused-ring (bicyclic) bond motifs is 1. The number of nitrogens with zero attached hydrogens (tertiary/aromatic N) is 4. The van der Waals surface area contributed by atoms with E-state index in [0.717, 1.165) is 52.3 Å². The van der Waals surface area contributed by atoms with Gasteiger partial charge in [0.15, 0.2) is 5.69 Å². The minimum atomic E-state index is -0.699. The lowest BCUT2D eigenvalue weighted by atomic mass is 9.75. The van der Waals surface area contributed by atoms with E-state index in [1.54, 1.807) is 6.92 Å². The minimum Gasteiger partial charge on any atom is -0.381 e. The van der Waals surface area contributed by atoms with Gasteiger partial charge in [-0.25, -0.2) is 9.97 Å². The topological polar surface area (TPSA) is 99.0 Å². The van der Waals surface area contributed by atoms with E-state index in [1.165, 1.54) is 5.56 Å². The average Bonchev–Trinajstić information content (AvgIpc) is 3.22. The Bertz CT molecular complexity index is 1530. The molecular weight excluding hydrogens is 426 g/mol. The lowest BCUT2D eigenvalue weighted by Crippen LogP contribution is -2.26. The van der Waals surface area contributed by atoms with Crippen molar-refractivity contribution < 1.29 is 9.90 Å². The monoisotopic (exact) mass is 451 g/mol. The van der Waals surface area contributed by atoms with Crippen LogP contribution < -0.4 is 5.73 Å². The highest BCUT2D eigenvalue weighted by molar-refractivity contribution is 5.93. The van der Waals surface area contributed by atoms with Gasteiger partial charge in [0.05, 0.1) is 23.3 Å². The number of aromatic nitrogens is 4. The summed E-state index contributed by atoms with van der Waals surface area (Å²) in [5, 5.41) is 9.58. The van der Waals surface area contributed by atoms with Crippen molar-refractivity contribution in [3.05, 3.63) is 70.8 Å². The lowest BCUT2D eigenvalue weighted by molar-refractivity contribution is 0.0994. The summed E-state index contributed by atoms with van der Waals surface area (Å²) in [4.78, 5) is 22.1. The van der Waals surface area contributed by atoms with Gasteiger partial charge in [-0.05, 0) is 62.4 Å². The van der Waals surface area contributed by atoms with Gasteiger partial charge < -0.3 is 20.0 Å². The summed E-state index contributed by atoms with van der Waals surface area (Å²) in [6, 6.07) is 14.4. The van der Waals surface area contributed by atoms with Crippen molar-refractivity contribution >= 4 is 16.9 Å². The number of carbonyl (C=O) groups is 1. The van der Waals surface area contributed by atoms with Crippen LogP contribution in [0.25, 0.3) is 22.4 Å². The first-order valence-electron chi connectivity index (χ1n) is 11.6. The SMILES string of the molecule is Cc1nc2ccccc2n1Cc1c(C(N)=O)nc2n1C1CC(C1)c1ccc(C#C[C@H](C)O)cc1-2. The summed E-state index contributed by atoms with van der Waals surface area (Å²) in [5.74, 6) is 7.43. The number of imidazole rings is 2. The van der Waals surface area contributed by atoms with Crippen LogP contribution >= 0.6 is 0 Å². The van der Waals surface area contributed by atoms with Gasteiger partial charge >= 0.3 is 0 Å². The van der Waals surface area contributed by atoms with Crippen LogP contribution in [-0.4, -0.2) is 36.2 Å². The molecule has 1 atom stereocenters. The summed E-state index contributed by atoms with van der Waals surface area (Å²) >= 11 is 0. The number of primary amides is 1. The molecule has 2 aromatic carbocycles. The smallest absolute Gasteiger partial charge is 0.269 e. The molecule has 170 valence electrons. The van der Waals surface area contributed by atoms with Gasteiger partial charge in [0.1, 0.15) is 17.8 Å². The second kappa shape index (κ2) is 7.57. The molecule has 3 N–H and O–H groups in total. The standard InChI is InChI=1S/C27H25N5O2/c1-15(33)7-8-17-9-10-20-18-12-19(13-18)32-24(25(26(28)34)30-27(32)21(20)11-17)14-31-16(2)29-22-5-3-4-6-23(22)31/h3-6,9-11,15,18-19,33H,12-14H2,1-2H3,(H2,28,34)/t15-,18?,19?/m0/s1. The van der Waals surface area contributed by atoms with Crippen molar-refractivity contribution in [2.75, 3.05) is 0 Å². The maximum absolute atomic E-state index is 12.5. The molecule has 0 unspecified atom stereocenters. The van der Waals surface area contributed by atoms with Crippen LogP contribution in [-0.2, 0) is 6.54 Å².